The minimum Gasteiger partial charge on any atom is -0.496 e. The molecule has 3 aromatic rings. The molecule has 0 amide bonds. The molecule has 0 aliphatic rings. The highest BCUT2D eigenvalue weighted by Gasteiger charge is 2.16. The van der Waals surface area contributed by atoms with E-state index in [1.54, 1.807) is 19.3 Å². The van der Waals surface area contributed by atoms with Crippen LogP contribution in [-0.2, 0) is 12.3 Å². The molecule has 0 aliphatic heterocycles. The summed E-state index contributed by atoms with van der Waals surface area (Å²) in [5.74, 6) is 1.83. The zero-order valence-corrected chi connectivity index (χ0v) is 14.7. The van der Waals surface area contributed by atoms with Gasteiger partial charge in [0.15, 0.2) is 11.0 Å². The average molecular weight is 355 g/mol. The van der Waals surface area contributed by atoms with E-state index in [-0.39, 0.29) is 5.82 Å². The van der Waals surface area contributed by atoms with Gasteiger partial charge in [0.2, 0.25) is 0 Å². The van der Waals surface area contributed by atoms with Crippen molar-refractivity contribution in [3.63, 3.8) is 0 Å². The van der Waals surface area contributed by atoms with Gasteiger partial charge in [-0.2, -0.15) is 0 Å². The van der Waals surface area contributed by atoms with Crippen LogP contribution in [0.1, 0.15) is 5.56 Å². The van der Waals surface area contributed by atoms with Gasteiger partial charge in [0.05, 0.1) is 12.7 Å². The first-order valence-corrected chi connectivity index (χ1v) is 8.76. The summed E-state index contributed by atoms with van der Waals surface area (Å²) in [5, 5.41) is 9.39. The first-order valence-electron chi connectivity index (χ1n) is 7.77. The van der Waals surface area contributed by atoms with Crippen molar-refractivity contribution >= 4 is 11.8 Å². The Labute approximate surface area is 150 Å². The van der Waals surface area contributed by atoms with Crippen LogP contribution in [0.2, 0.25) is 0 Å². The maximum atomic E-state index is 13.3. The fraction of sp³-hybridized carbons (Fsp3) is 0.158. The molecule has 4 nitrogen and oxygen atoms in total. The number of hydrogen-bond acceptors (Lipinski definition) is 4. The van der Waals surface area contributed by atoms with Crippen molar-refractivity contribution in [2.45, 2.75) is 17.5 Å². The Balaban J connectivity index is 1.90. The summed E-state index contributed by atoms with van der Waals surface area (Å²) in [6, 6.07) is 14.3. The molecule has 0 aliphatic carbocycles. The van der Waals surface area contributed by atoms with E-state index in [9.17, 15) is 4.39 Å². The first-order chi connectivity index (χ1) is 12.2. The van der Waals surface area contributed by atoms with E-state index < -0.39 is 0 Å². The maximum Gasteiger partial charge on any atom is 0.192 e. The van der Waals surface area contributed by atoms with E-state index in [4.69, 9.17) is 4.74 Å². The topological polar surface area (TPSA) is 39.9 Å². The van der Waals surface area contributed by atoms with Crippen LogP contribution in [-0.4, -0.2) is 21.9 Å². The predicted octanol–water partition coefficient (Wildman–Crippen LogP) is 4.57. The Morgan fingerprint density at radius 1 is 1.20 bits per heavy atom. The van der Waals surface area contributed by atoms with Crippen molar-refractivity contribution in [1.29, 1.82) is 0 Å². The van der Waals surface area contributed by atoms with E-state index in [0.717, 1.165) is 27.9 Å². The van der Waals surface area contributed by atoms with Crippen LogP contribution in [0.15, 0.2) is 66.3 Å². The van der Waals surface area contributed by atoms with Crippen LogP contribution in [0, 0.1) is 5.82 Å². The monoisotopic (exact) mass is 355 g/mol. The van der Waals surface area contributed by atoms with E-state index in [2.05, 4.69) is 16.8 Å². The van der Waals surface area contributed by atoms with Crippen molar-refractivity contribution in [1.82, 2.24) is 14.8 Å². The second-order valence-electron chi connectivity index (χ2n) is 5.32. The Morgan fingerprint density at radius 2 is 2.04 bits per heavy atom. The lowest BCUT2D eigenvalue weighted by Crippen LogP contribution is -2.01. The molecule has 0 atom stereocenters. The van der Waals surface area contributed by atoms with Gasteiger partial charge in [-0.05, 0) is 29.8 Å². The van der Waals surface area contributed by atoms with Crippen LogP contribution in [0.5, 0.6) is 5.75 Å². The summed E-state index contributed by atoms with van der Waals surface area (Å²) in [4.78, 5) is 0. The second kappa shape index (κ2) is 7.98. The molecule has 0 N–H and O–H groups in total. The number of hydrogen-bond donors (Lipinski definition) is 0. The number of aromatic nitrogens is 3. The number of halogens is 1. The number of nitrogens with zero attached hydrogens (tertiary/aromatic N) is 3. The summed E-state index contributed by atoms with van der Waals surface area (Å²) in [5.41, 5.74) is 1.77. The van der Waals surface area contributed by atoms with Crippen molar-refractivity contribution in [2.24, 2.45) is 0 Å². The molecule has 1 heterocycles. The SMILES string of the molecule is C=CCn1c(SCc2cccc(F)c2)nnc1-c1ccccc1OC. The highest BCUT2D eigenvalue weighted by molar-refractivity contribution is 7.98. The summed E-state index contributed by atoms with van der Waals surface area (Å²) in [6.45, 7) is 4.39. The van der Waals surface area contributed by atoms with Gasteiger partial charge in [0, 0.05) is 12.3 Å². The Morgan fingerprint density at radius 3 is 2.80 bits per heavy atom. The lowest BCUT2D eigenvalue weighted by Gasteiger charge is -2.10. The van der Waals surface area contributed by atoms with Crippen LogP contribution in [0.4, 0.5) is 4.39 Å². The highest BCUT2D eigenvalue weighted by atomic mass is 32.2. The number of methoxy groups -OCH3 is 1. The summed E-state index contributed by atoms with van der Waals surface area (Å²) < 4.78 is 20.7. The summed E-state index contributed by atoms with van der Waals surface area (Å²) >= 11 is 1.51. The normalized spacial score (nSPS) is 10.6. The van der Waals surface area contributed by atoms with Crippen LogP contribution in [0.25, 0.3) is 11.4 Å². The van der Waals surface area contributed by atoms with E-state index >= 15 is 0 Å². The van der Waals surface area contributed by atoms with Crippen LogP contribution < -0.4 is 4.74 Å². The standard InChI is InChI=1S/C19H18FN3OS/c1-3-11-23-18(16-9-4-5-10-17(16)24-2)21-22-19(23)25-13-14-7-6-8-15(20)12-14/h3-10,12H,1,11,13H2,2H3. The van der Waals surface area contributed by atoms with Crippen molar-refractivity contribution in [3.8, 4) is 17.1 Å². The van der Waals surface area contributed by atoms with Gasteiger partial charge in [-0.1, -0.05) is 42.1 Å². The molecule has 0 radical (unpaired) electrons. The molecule has 128 valence electrons. The largest absolute Gasteiger partial charge is 0.496 e. The third-order valence-electron chi connectivity index (χ3n) is 3.63. The van der Waals surface area contributed by atoms with Crippen molar-refractivity contribution in [2.75, 3.05) is 7.11 Å². The second-order valence-corrected chi connectivity index (χ2v) is 6.27. The third kappa shape index (κ3) is 3.91. The van der Waals surface area contributed by atoms with Crippen LogP contribution >= 0.6 is 11.8 Å². The van der Waals surface area contributed by atoms with Crippen molar-refractivity contribution < 1.29 is 9.13 Å². The first kappa shape index (κ1) is 17.2. The van der Waals surface area contributed by atoms with Crippen molar-refractivity contribution in [3.05, 3.63) is 72.6 Å². The molecule has 0 fully saturated rings. The minimum absolute atomic E-state index is 0.236. The number of ether oxygens (including phenoxy) is 1. The van der Waals surface area contributed by atoms with Gasteiger partial charge in [-0.3, -0.25) is 4.57 Å². The number of benzene rings is 2. The minimum atomic E-state index is -0.236. The summed E-state index contributed by atoms with van der Waals surface area (Å²) in [6.07, 6.45) is 1.80. The zero-order chi connectivity index (χ0) is 17.6. The van der Waals surface area contributed by atoms with Gasteiger partial charge in [-0.25, -0.2) is 4.39 Å². The molecule has 25 heavy (non-hydrogen) atoms. The van der Waals surface area contributed by atoms with E-state index in [1.165, 1.54) is 23.9 Å². The molecule has 0 saturated heterocycles. The quantitative estimate of drug-likeness (QED) is 0.460. The highest BCUT2D eigenvalue weighted by Crippen LogP contribution is 2.31. The zero-order valence-electron chi connectivity index (χ0n) is 13.9. The maximum absolute atomic E-state index is 13.3. The third-order valence-corrected chi connectivity index (χ3v) is 4.67. The molecule has 0 unspecified atom stereocenters. The van der Waals surface area contributed by atoms with Gasteiger partial charge in [-0.15, -0.1) is 16.8 Å². The fourth-order valence-corrected chi connectivity index (χ4v) is 3.38. The molecular weight excluding hydrogens is 337 g/mol. The van der Waals surface area contributed by atoms with E-state index in [1.807, 2.05) is 34.9 Å². The fourth-order valence-electron chi connectivity index (χ4n) is 2.49. The Hall–Kier alpha value is -2.60. The van der Waals surface area contributed by atoms with E-state index in [0.29, 0.717) is 12.3 Å². The predicted molar refractivity (Wildman–Crippen MR) is 98.2 cm³/mol. The Kier molecular flexibility index (Phi) is 5.50. The molecule has 3 rings (SSSR count). The molecule has 2 aromatic carbocycles. The smallest absolute Gasteiger partial charge is 0.192 e. The number of para-hydroxylation sites is 1. The Bertz CT molecular complexity index is 879. The van der Waals surface area contributed by atoms with Crippen LogP contribution in [0.3, 0.4) is 0 Å². The molecule has 0 bridgehead atoms. The molecule has 6 heteroatoms. The lowest BCUT2D eigenvalue weighted by atomic mass is 10.2. The lowest BCUT2D eigenvalue weighted by molar-refractivity contribution is 0.416. The number of rotatable bonds is 7. The average Bonchev–Trinajstić information content (AvgIpc) is 3.03. The molecule has 0 saturated carbocycles. The molecule has 0 spiro atoms. The summed E-state index contributed by atoms with van der Waals surface area (Å²) in [7, 11) is 1.63. The van der Waals surface area contributed by atoms with Gasteiger partial charge < -0.3 is 4.74 Å². The molecular formula is C19H18FN3OS. The molecule has 1 aromatic heterocycles. The van der Waals surface area contributed by atoms with Gasteiger partial charge >= 0.3 is 0 Å². The number of thioether (sulfide) groups is 1. The van der Waals surface area contributed by atoms with Gasteiger partial charge in [0.25, 0.3) is 0 Å². The van der Waals surface area contributed by atoms with Gasteiger partial charge in [0.1, 0.15) is 11.6 Å². The number of allylic oxidation sites excluding steroid dienone is 1.